The number of benzene rings is 1. The van der Waals surface area contributed by atoms with Gasteiger partial charge in [-0.2, -0.15) is 26.3 Å². The van der Waals surface area contributed by atoms with Gasteiger partial charge in [0.05, 0.1) is 5.56 Å². The molecule has 0 spiro atoms. The Morgan fingerprint density at radius 3 is 1.85 bits per heavy atom. The summed E-state index contributed by atoms with van der Waals surface area (Å²) >= 11 is 0. The largest absolute Gasteiger partial charge is 0.490 e. The van der Waals surface area contributed by atoms with E-state index < -0.39 is 23.9 Å². The van der Waals surface area contributed by atoms with Gasteiger partial charge in [-0.1, -0.05) is 0 Å². The molecule has 0 unspecified atom stereocenters. The van der Waals surface area contributed by atoms with Crippen molar-refractivity contribution < 1.29 is 41.0 Å². The molecule has 2 N–H and O–H groups in total. The number of rotatable bonds is 2. The lowest BCUT2D eigenvalue weighted by Gasteiger charge is -2.29. The second-order valence-corrected chi connectivity index (χ2v) is 6.17. The first-order valence-corrected chi connectivity index (χ1v) is 7.85. The Balaban J connectivity index is 0.000000298. The van der Waals surface area contributed by atoms with E-state index in [0.29, 0.717) is 17.8 Å². The highest BCUT2D eigenvalue weighted by Crippen LogP contribution is 2.32. The van der Waals surface area contributed by atoms with Crippen LogP contribution in [0, 0.1) is 0 Å². The lowest BCUT2D eigenvalue weighted by molar-refractivity contribution is -0.192. The van der Waals surface area contributed by atoms with Gasteiger partial charge in [0.25, 0.3) is 0 Å². The number of carboxylic acids is 1. The van der Waals surface area contributed by atoms with E-state index >= 15 is 0 Å². The van der Waals surface area contributed by atoms with E-state index in [9.17, 15) is 26.3 Å². The normalized spacial score (nSPS) is 25.2. The number of nitrogens with one attached hydrogen (secondary N) is 1. The quantitative estimate of drug-likeness (QED) is 0.756. The maximum atomic E-state index is 12.4. The molecule has 2 heterocycles. The SMILES string of the molecule is FC(F)(F)c1ccc(O[C@@H]2C[C@H]3CC[C@@H](C2)N3)cc1.O=C(O)C(F)(F)F. The molecule has 1 aromatic carbocycles. The molecule has 0 aromatic heterocycles. The number of ether oxygens (including phenoxy) is 1. The van der Waals surface area contributed by atoms with E-state index in [4.69, 9.17) is 14.6 Å². The minimum absolute atomic E-state index is 0.121. The Kier molecular flexibility index (Phi) is 6.05. The molecule has 0 saturated carbocycles. The molecular formula is C16H17F6NO3. The second kappa shape index (κ2) is 7.73. The van der Waals surface area contributed by atoms with E-state index in [1.165, 1.54) is 25.0 Å². The van der Waals surface area contributed by atoms with Crippen LogP contribution in [0.15, 0.2) is 24.3 Å². The van der Waals surface area contributed by atoms with Crippen LogP contribution in [0.4, 0.5) is 26.3 Å². The standard InChI is InChI=1S/C14H16F3NO.C2HF3O2/c15-14(16,17)9-1-5-12(6-2-9)19-13-7-10-3-4-11(8-13)18-10;3-2(4,5)1(6)7/h1-2,5-6,10-11,13,18H,3-4,7-8H2;(H,6,7)/t10-,11+,13-;. The van der Waals surface area contributed by atoms with Gasteiger partial charge in [0, 0.05) is 12.1 Å². The van der Waals surface area contributed by atoms with E-state index in [-0.39, 0.29) is 6.10 Å². The summed E-state index contributed by atoms with van der Waals surface area (Å²) in [6.07, 6.45) is -5.01. The lowest BCUT2D eigenvalue weighted by atomic mass is 10.0. The van der Waals surface area contributed by atoms with Crippen molar-refractivity contribution in [3.8, 4) is 5.75 Å². The van der Waals surface area contributed by atoms with Crippen molar-refractivity contribution in [1.82, 2.24) is 5.32 Å². The van der Waals surface area contributed by atoms with Crippen molar-refractivity contribution in [2.24, 2.45) is 0 Å². The van der Waals surface area contributed by atoms with Gasteiger partial charge in [0.15, 0.2) is 0 Å². The van der Waals surface area contributed by atoms with Crippen LogP contribution in [0.5, 0.6) is 5.75 Å². The highest BCUT2D eigenvalue weighted by atomic mass is 19.4. The highest BCUT2D eigenvalue weighted by Gasteiger charge is 2.38. The molecular weight excluding hydrogens is 368 g/mol. The van der Waals surface area contributed by atoms with E-state index in [1.54, 1.807) is 0 Å². The number of piperidine rings is 1. The second-order valence-electron chi connectivity index (χ2n) is 6.17. The molecule has 0 amide bonds. The maximum absolute atomic E-state index is 12.4. The van der Waals surface area contributed by atoms with Gasteiger partial charge in [0.2, 0.25) is 0 Å². The zero-order chi connectivity index (χ0) is 19.5. The van der Waals surface area contributed by atoms with Gasteiger partial charge in [-0.15, -0.1) is 0 Å². The van der Waals surface area contributed by atoms with Crippen molar-refractivity contribution in [1.29, 1.82) is 0 Å². The van der Waals surface area contributed by atoms with Crippen LogP contribution in [-0.2, 0) is 11.0 Å². The number of carboxylic acid groups (broad SMARTS) is 1. The first kappa shape index (κ1) is 20.3. The van der Waals surface area contributed by atoms with Crippen molar-refractivity contribution in [2.45, 2.75) is 56.2 Å². The average Bonchev–Trinajstić information content (AvgIpc) is 2.85. The fourth-order valence-electron chi connectivity index (χ4n) is 3.02. The highest BCUT2D eigenvalue weighted by molar-refractivity contribution is 5.73. The van der Waals surface area contributed by atoms with Gasteiger partial charge >= 0.3 is 18.3 Å². The number of aliphatic carboxylic acids is 1. The van der Waals surface area contributed by atoms with E-state index in [0.717, 1.165) is 25.0 Å². The third-order valence-corrected chi connectivity index (χ3v) is 4.16. The van der Waals surface area contributed by atoms with Gasteiger partial charge in [-0.05, 0) is 49.9 Å². The fourth-order valence-corrected chi connectivity index (χ4v) is 3.02. The molecule has 0 aliphatic carbocycles. The molecule has 4 nitrogen and oxygen atoms in total. The maximum Gasteiger partial charge on any atom is 0.490 e. The molecule has 2 bridgehead atoms. The van der Waals surface area contributed by atoms with Gasteiger partial charge in [-0.3, -0.25) is 0 Å². The number of hydrogen-bond donors (Lipinski definition) is 2. The smallest absolute Gasteiger partial charge is 0.490 e. The predicted octanol–water partition coefficient (Wildman–Crippen LogP) is 4.00. The van der Waals surface area contributed by atoms with Crippen molar-refractivity contribution >= 4 is 5.97 Å². The molecule has 0 radical (unpaired) electrons. The van der Waals surface area contributed by atoms with Crippen LogP contribution in [0.3, 0.4) is 0 Å². The first-order chi connectivity index (χ1) is 11.9. The number of halogens is 6. The molecule has 2 saturated heterocycles. The molecule has 10 heteroatoms. The average molecular weight is 385 g/mol. The Morgan fingerprint density at radius 1 is 1.00 bits per heavy atom. The summed E-state index contributed by atoms with van der Waals surface area (Å²) in [5, 5.41) is 10.6. The topological polar surface area (TPSA) is 58.6 Å². The number of fused-ring (bicyclic) bond motifs is 2. The lowest BCUT2D eigenvalue weighted by Crippen LogP contribution is -2.42. The summed E-state index contributed by atoms with van der Waals surface area (Å²) in [4.78, 5) is 8.90. The minimum Gasteiger partial charge on any atom is -0.490 e. The zero-order valence-corrected chi connectivity index (χ0v) is 13.4. The minimum atomic E-state index is -5.08. The summed E-state index contributed by atoms with van der Waals surface area (Å²) in [6.45, 7) is 0. The van der Waals surface area contributed by atoms with Crippen molar-refractivity contribution in [2.75, 3.05) is 0 Å². The summed E-state index contributed by atoms with van der Waals surface area (Å²) < 4.78 is 74.9. The molecule has 1 aromatic rings. The third kappa shape index (κ3) is 5.79. The van der Waals surface area contributed by atoms with Crippen LogP contribution < -0.4 is 10.1 Å². The molecule has 2 aliphatic heterocycles. The number of hydrogen-bond acceptors (Lipinski definition) is 3. The zero-order valence-electron chi connectivity index (χ0n) is 13.4. The summed E-state index contributed by atoms with van der Waals surface area (Å²) in [7, 11) is 0. The molecule has 146 valence electrons. The monoisotopic (exact) mass is 385 g/mol. The van der Waals surface area contributed by atoms with Gasteiger partial charge < -0.3 is 15.2 Å². The van der Waals surface area contributed by atoms with Crippen LogP contribution in [0.25, 0.3) is 0 Å². The van der Waals surface area contributed by atoms with E-state index in [1.807, 2.05) is 0 Å². The predicted molar refractivity (Wildman–Crippen MR) is 78.7 cm³/mol. The van der Waals surface area contributed by atoms with E-state index in [2.05, 4.69) is 5.32 Å². The summed E-state index contributed by atoms with van der Waals surface area (Å²) in [5.74, 6) is -2.23. The Hall–Kier alpha value is -1.97. The van der Waals surface area contributed by atoms with Crippen LogP contribution in [0.2, 0.25) is 0 Å². The van der Waals surface area contributed by atoms with Crippen molar-refractivity contribution in [3.05, 3.63) is 29.8 Å². The van der Waals surface area contributed by atoms with Gasteiger partial charge in [-0.25, -0.2) is 4.79 Å². The Bertz CT molecular complexity index is 602. The Morgan fingerprint density at radius 2 is 1.46 bits per heavy atom. The van der Waals surface area contributed by atoms with Crippen molar-refractivity contribution in [3.63, 3.8) is 0 Å². The van der Waals surface area contributed by atoms with Crippen LogP contribution >= 0.6 is 0 Å². The first-order valence-electron chi connectivity index (χ1n) is 7.85. The summed E-state index contributed by atoms with van der Waals surface area (Å²) in [5.41, 5.74) is -0.634. The molecule has 26 heavy (non-hydrogen) atoms. The van der Waals surface area contributed by atoms with Crippen LogP contribution in [-0.4, -0.2) is 35.4 Å². The Labute approximate surface area is 145 Å². The molecule has 2 fully saturated rings. The van der Waals surface area contributed by atoms with Gasteiger partial charge in [0.1, 0.15) is 11.9 Å². The molecule has 3 rings (SSSR count). The summed E-state index contributed by atoms with van der Waals surface area (Å²) in [6, 6.07) is 5.99. The fraction of sp³-hybridized carbons (Fsp3) is 0.562. The third-order valence-electron chi connectivity index (χ3n) is 4.16. The number of alkyl halides is 6. The number of carbonyl (C=O) groups is 1. The molecule has 3 atom stereocenters. The molecule has 2 aliphatic rings. The van der Waals surface area contributed by atoms with Crippen LogP contribution in [0.1, 0.15) is 31.2 Å².